The molecule has 1 aliphatic carbocycles. The Labute approximate surface area is 165 Å². The Hall–Kier alpha value is -2.82. The summed E-state index contributed by atoms with van der Waals surface area (Å²) in [5.41, 5.74) is 3.34. The van der Waals surface area contributed by atoms with Crippen LogP contribution in [-0.2, 0) is 11.2 Å². The van der Waals surface area contributed by atoms with Crippen LogP contribution in [0.3, 0.4) is 0 Å². The maximum Gasteiger partial charge on any atom is 0.255 e. The van der Waals surface area contributed by atoms with Gasteiger partial charge in [0.15, 0.2) is 0 Å². The average Bonchev–Trinajstić information content (AvgIpc) is 3.20. The number of carbonyl (C=O) groups is 2. The van der Waals surface area contributed by atoms with Crippen LogP contribution in [0.15, 0.2) is 42.5 Å². The van der Waals surface area contributed by atoms with Gasteiger partial charge in [0.2, 0.25) is 5.91 Å². The second-order valence-corrected chi connectivity index (χ2v) is 7.85. The highest BCUT2D eigenvalue weighted by molar-refractivity contribution is 6.04. The third-order valence-electron chi connectivity index (χ3n) is 5.58. The van der Waals surface area contributed by atoms with Crippen LogP contribution in [0.4, 0.5) is 5.69 Å². The summed E-state index contributed by atoms with van der Waals surface area (Å²) in [6, 6.07) is 13.4. The van der Waals surface area contributed by atoms with E-state index in [-0.39, 0.29) is 17.7 Å². The van der Waals surface area contributed by atoms with Crippen LogP contribution >= 0.6 is 0 Å². The molecule has 2 aromatic carbocycles. The molecule has 28 heavy (non-hydrogen) atoms. The molecule has 0 unspecified atom stereocenters. The Kier molecular flexibility index (Phi) is 5.33. The van der Waals surface area contributed by atoms with Gasteiger partial charge in [-0.2, -0.15) is 0 Å². The maximum absolute atomic E-state index is 12.6. The number of rotatable bonds is 4. The van der Waals surface area contributed by atoms with Crippen molar-refractivity contribution in [2.24, 2.45) is 5.92 Å². The minimum atomic E-state index is -0.184. The van der Waals surface area contributed by atoms with Gasteiger partial charge in [0.05, 0.1) is 5.92 Å². The largest absolute Gasteiger partial charge is 0.492 e. The number of hydrogen-bond acceptors (Lipinski definition) is 3. The Bertz CT molecular complexity index is 887. The number of benzene rings is 2. The molecule has 2 N–H and O–H groups in total. The van der Waals surface area contributed by atoms with Crippen LogP contribution in [0.5, 0.6) is 5.75 Å². The Morgan fingerprint density at radius 2 is 1.89 bits per heavy atom. The molecule has 1 saturated carbocycles. The van der Waals surface area contributed by atoms with E-state index in [0.29, 0.717) is 30.3 Å². The van der Waals surface area contributed by atoms with Crippen LogP contribution in [0, 0.1) is 12.8 Å². The lowest BCUT2D eigenvalue weighted by Gasteiger charge is -2.26. The van der Waals surface area contributed by atoms with Crippen molar-refractivity contribution in [3.05, 3.63) is 59.2 Å². The fraction of sp³-hybridized carbons (Fsp3) is 0.391. The van der Waals surface area contributed by atoms with Crippen LogP contribution < -0.4 is 15.4 Å². The number of carbonyl (C=O) groups excluding carboxylic acids is 2. The van der Waals surface area contributed by atoms with Crippen molar-refractivity contribution in [3.8, 4) is 5.75 Å². The van der Waals surface area contributed by atoms with Gasteiger partial charge in [-0.3, -0.25) is 9.59 Å². The highest BCUT2D eigenvalue weighted by Crippen LogP contribution is 2.30. The second kappa shape index (κ2) is 8.05. The molecule has 0 aromatic heterocycles. The predicted octanol–water partition coefficient (Wildman–Crippen LogP) is 3.86. The molecule has 5 nitrogen and oxygen atoms in total. The summed E-state index contributed by atoms with van der Waals surface area (Å²) >= 11 is 0. The van der Waals surface area contributed by atoms with Crippen molar-refractivity contribution < 1.29 is 14.3 Å². The van der Waals surface area contributed by atoms with E-state index >= 15 is 0 Å². The fourth-order valence-corrected chi connectivity index (χ4v) is 4.02. The highest BCUT2D eigenvalue weighted by Gasteiger charge is 2.28. The topological polar surface area (TPSA) is 67.4 Å². The molecule has 2 amide bonds. The zero-order valence-corrected chi connectivity index (χ0v) is 16.2. The van der Waals surface area contributed by atoms with Crippen molar-refractivity contribution >= 4 is 17.5 Å². The van der Waals surface area contributed by atoms with Gasteiger partial charge in [-0.25, -0.2) is 0 Å². The van der Waals surface area contributed by atoms with Crippen molar-refractivity contribution in [3.63, 3.8) is 0 Å². The van der Waals surface area contributed by atoms with Crippen LogP contribution in [0.1, 0.15) is 47.2 Å². The molecule has 2 aromatic rings. The van der Waals surface area contributed by atoms with Crippen molar-refractivity contribution in [1.82, 2.24) is 5.32 Å². The molecule has 5 heteroatoms. The Morgan fingerprint density at radius 1 is 1.07 bits per heavy atom. The molecular formula is C23H26N2O3. The van der Waals surface area contributed by atoms with E-state index in [0.717, 1.165) is 29.7 Å². The predicted molar refractivity (Wildman–Crippen MR) is 109 cm³/mol. The number of aryl methyl sites for hydroxylation is 1. The summed E-state index contributed by atoms with van der Waals surface area (Å²) in [5, 5.41) is 6.11. The minimum absolute atomic E-state index is 0.0757. The van der Waals surface area contributed by atoms with Crippen LogP contribution in [-0.4, -0.2) is 24.5 Å². The number of amides is 2. The van der Waals surface area contributed by atoms with Gasteiger partial charge in [0.1, 0.15) is 12.4 Å². The molecule has 1 aliphatic heterocycles. The van der Waals surface area contributed by atoms with E-state index < -0.39 is 0 Å². The second-order valence-electron chi connectivity index (χ2n) is 7.85. The third-order valence-corrected chi connectivity index (χ3v) is 5.58. The molecule has 4 rings (SSSR count). The molecule has 0 radical (unpaired) electrons. The molecule has 1 heterocycles. The molecule has 0 spiro atoms. The number of hydrogen-bond donors (Lipinski definition) is 2. The average molecular weight is 378 g/mol. The molecule has 146 valence electrons. The monoisotopic (exact) mass is 378 g/mol. The van der Waals surface area contributed by atoms with Gasteiger partial charge in [-0.1, -0.05) is 30.5 Å². The molecular weight excluding hydrogens is 352 g/mol. The smallest absolute Gasteiger partial charge is 0.255 e. The van der Waals surface area contributed by atoms with Crippen LogP contribution in [0.2, 0.25) is 0 Å². The highest BCUT2D eigenvalue weighted by atomic mass is 16.5. The summed E-state index contributed by atoms with van der Waals surface area (Å²) < 4.78 is 5.81. The number of anilines is 1. The summed E-state index contributed by atoms with van der Waals surface area (Å²) in [5.74, 6) is 0.539. The first kappa shape index (κ1) is 18.5. The fourth-order valence-electron chi connectivity index (χ4n) is 4.02. The first-order chi connectivity index (χ1) is 13.6. The number of fused-ring (bicyclic) bond motifs is 1. The Morgan fingerprint density at radius 3 is 2.68 bits per heavy atom. The Balaban J connectivity index is 1.43. The molecule has 0 saturated heterocycles. The number of ether oxygens (including phenoxy) is 1. The van der Waals surface area contributed by atoms with E-state index in [1.807, 2.05) is 43.3 Å². The summed E-state index contributed by atoms with van der Waals surface area (Å²) in [7, 11) is 0. The van der Waals surface area contributed by atoms with E-state index in [1.165, 1.54) is 12.8 Å². The van der Waals surface area contributed by atoms with E-state index in [2.05, 4.69) is 10.6 Å². The minimum Gasteiger partial charge on any atom is -0.492 e. The summed E-state index contributed by atoms with van der Waals surface area (Å²) in [4.78, 5) is 25.1. The third kappa shape index (κ3) is 4.19. The van der Waals surface area contributed by atoms with E-state index in [4.69, 9.17) is 4.74 Å². The van der Waals surface area contributed by atoms with Gasteiger partial charge < -0.3 is 15.4 Å². The van der Waals surface area contributed by atoms with E-state index in [9.17, 15) is 9.59 Å². The van der Waals surface area contributed by atoms with Crippen LogP contribution in [0.25, 0.3) is 0 Å². The molecule has 1 atom stereocenters. The molecule has 0 bridgehead atoms. The number of nitrogens with one attached hydrogen (secondary N) is 2. The van der Waals surface area contributed by atoms with E-state index in [1.54, 1.807) is 6.07 Å². The van der Waals surface area contributed by atoms with Crippen molar-refractivity contribution in [1.29, 1.82) is 0 Å². The zero-order chi connectivity index (χ0) is 19.5. The summed E-state index contributed by atoms with van der Waals surface area (Å²) in [6.45, 7) is 2.37. The maximum atomic E-state index is 12.6. The quantitative estimate of drug-likeness (QED) is 0.849. The van der Waals surface area contributed by atoms with Gasteiger partial charge >= 0.3 is 0 Å². The van der Waals surface area contributed by atoms with Gasteiger partial charge in [-0.15, -0.1) is 0 Å². The SMILES string of the molecule is Cc1cccc(C(=O)Nc2ccc3c(c2)C[C@@H](C(=O)NC2CCCC2)CO3)c1. The first-order valence-corrected chi connectivity index (χ1v) is 10.0. The zero-order valence-electron chi connectivity index (χ0n) is 16.2. The van der Waals surface area contributed by atoms with Gasteiger partial charge in [0.25, 0.3) is 5.91 Å². The van der Waals surface area contributed by atoms with Gasteiger partial charge in [0, 0.05) is 17.3 Å². The lowest BCUT2D eigenvalue weighted by atomic mass is 9.95. The van der Waals surface area contributed by atoms with Gasteiger partial charge in [-0.05, 0) is 62.1 Å². The molecule has 2 aliphatic rings. The lowest BCUT2D eigenvalue weighted by molar-refractivity contribution is -0.127. The standard InChI is InChI=1S/C23H26N2O3/c1-15-5-4-6-16(11-15)22(26)25-20-9-10-21-17(13-20)12-18(14-28-21)23(27)24-19-7-2-3-8-19/h4-6,9-11,13,18-19H,2-3,7-8,12,14H2,1H3,(H,24,27)(H,25,26)/t18-/m1/s1. The normalized spacial score (nSPS) is 18.8. The first-order valence-electron chi connectivity index (χ1n) is 10.0. The lowest BCUT2D eigenvalue weighted by Crippen LogP contribution is -2.41. The van der Waals surface area contributed by atoms with Crippen molar-refractivity contribution in [2.45, 2.75) is 45.1 Å². The van der Waals surface area contributed by atoms with Crippen molar-refractivity contribution in [2.75, 3.05) is 11.9 Å². The summed E-state index contributed by atoms with van der Waals surface area (Å²) in [6.07, 6.45) is 5.16. The molecule has 1 fully saturated rings.